The maximum absolute atomic E-state index is 5.76. The summed E-state index contributed by atoms with van der Waals surface area (Å²) in [5.74, 6) is 2.48. The van der Waals surface area contributed by atoms with Gasteiger partial charge in [-0.25, -0.2) is 0 Å². The van der Waals surface area contributed by atoms with E-state index in [0.717, 1.165) is 13.2 Å². The van der Waals surface area contributed by atoms with Gasteiger partial charge < -0.3 is 15.0 Å². The van der Waals surface area contributed by atoms with Crippen molar-refractivity contribution in [2.45, 2.75) is 39.0 Å². The minimum Gasteiger partial charge on any atom is -0.377 e. The van der Waals surface area contributed by atoms with Crippen molar-refractivity contribution in [2.24, 2.45) is 0 Å². The molecule has 1 aliphatic rings. The molecule has 3 nitrogen and oxygen atoms in total. The molecule has 0 aromatic carbocycles. The summed E-state index contributed by atoms with van der Waals surface area (Å²) in [7, 11) is 2.23. The van der Waals surface area contributed by atoms with Gasteiger partial charge >= 0.3 is 0 Å². The second-order valence-corrected chi connectivity index (χ2v) is 5.82. The summed E-state index contributed by atoms with van der Waals surface area (Å²) in [4.78, 5) is 2.47. The van der Waals surface area contributed by atoms with Crippen LogP contribution in [0.3, 0.4) is 0 Å². The first-order chi connectivity index (χ1) is 7.65. The highest BCUT2D eigenvalue weighted by atomic mass is 32.2. The maximum Gasteiger partial charge on any atom is 0.0638 e. The van der Waals surface area contributed by atoms with Crippen LogP contribution in [0.5, 0.6) is 0 Å². The number of hydrogen-bond donors (Lipinski definition) is 1. The lowest BCUT2D eigenvalue weighted by Crippen LogP contribution is -2.54. The van der Waals surface area contributed by atoms with Crippen LogP contribution in [-0.4, -0.2) is 61.3 Å². The molecule has 2 atom stereocenters. The van der Waals surface area contributed by atoms with Crippen LogP contribution in [0, 0.1) is 0 Å². The molecule has 1 rings (SSSR count). The standard InChI is InChI=1S/C12H26N2OS/c1-5-13-11(8-15-10(2)3)12-9-16-7-6-14(12)4/h10-13H,5-9H2,1-4H3. The maximum atomic E-state index is 5.76. The van der Waals surface area contributed by atoms with E-state index in [0.29, 0.717) is 18.2 Å². The number of nitrogens with one attached hydrogen (secondary N) is 1. The Kier molecular flexibility index (Phi) is 6.73. The SMILES string of the molecule is CCNC(COC(C)C)C1CSCCN1C. The highest BCUT2D eigenvalue weighted by Gasteiger charge is 2.27. The Bertz CT molecular complexity index is 190. The molecule has 1 heterocycles. The number of likely N-dealkylation sites (N-methyl/N-ethyl adjacent to an activating group) is 2. The predicted molar refractivity (Wildman–Crippen MR) is 72.3 cm³/mol. The zero-order valence-corrected chi connectivity index (χ0v) is 11.8. The van der Waals surface area contributed by atoms with Crippen LogP contribution >= 0.6 is 11.8 Å². The van der Waals surface area contributed by atoms with Crippen LogP contribution in [0.25, 0.3) is 0 Å². The molecule has 1 aliphatic heterocycles. The fourth-order valence-corrected chi connectivity index (χ4v) is 3.31. The molecule has 16 heavy (non-hydrogen) atoms. The molecule has 2 unspecified atom stereocenters. The topological polar surface area (TPSA) is 24.5 Å². The third-order valence-corrected chi connectivity index (χ3v) is 4.03. The minimum absolute atomic E-state index is 0.322. The van der Waals surface area contributed by atoms with E-state index in [1.54, 1.807) is 0 Å². The zero-order valence-electron chi connectivity index (χ0n) is 11.0. The summed E-state index contributed by atoms with van der Waals surface area (Å²) in [6.45, 7) is 9.39. The second-order valence-electron chi connectivity index (χ2n) is 4.67. The lowest BCUT2D eigenvalue weighted by molar-refractivity contribution is 0.0420. The van der Waals surface area contributed by atoms with Gasteiger partial charge in [0, 0.05) is 30.1 Å². The van der Waals surface area contributed by atoms with Crippen LogP contribution in [0.2, 0.25) is 0 Å². The van der Waals surface area contributed by atoms with E-state index in [4.69, 9.17) is 4.74 Å². The van der Waals surface area contributed by atoms with Gasteiger partial charge in [-0.2, -0.15) is 11.8 Å². The molecular weight excluding hydrogens is 220 g/mol. The molecule has 1 saturated heterocycles. The summed E-state index contributed by atoms with van der Waals surface area (Å²) in [5, 5.41) is 3.56. The monoisotopic (exact) mass is 246 g/mol. The van der Waals surface area contributed by atoms with Crippen molar-refractivity contribution >= 4 is 11.8 Å². The summed E-state index contributed by atoms with van der Waals surface area (Å²) in [6, 6.07) is 1.07. The van der Waals surface area contributed by atoms with Crippen molar-refractivity contribution < 1.29 is 4.74 Å². The summed E-state index contributed by atoms with van der Waals surface area (Å²) < 4.78 is 5.76. The summed E-state index contributed by atoms with van der Waals surface area (Å²) in [5.41, 5.74) is 0. The Morgan fingerprint density at radius 3 is 2.81 bits per heavy atom. The molecule has 0 aromatic rings. The molecule has 0 aliphatic carbocycles. The smallest absolute Gasteiger partial charge is 0.0638 e. The van der Waals surface area contributed by atoms with Gasteiger partial charge in [0.25, 0.3) is 0 Å². The van der Waals surface area contributed by atoms with Crippen molar-refractivity contribution in [1.82, 2.24) is 10.2 Å². The minimum atomic E-state index is 0.322. The van der Waals surface area contributed by atoms with Gasteiger partial charge in [-0.15, -0.1) is 0 Å². The first kappa shape index (κ1) is 14.3. The fraction of sp³-hybridized carbons (Fsp3) is 1.00. The van der Waals surface area contributed by atoms with Crippen molar-refractivity contribution in [3.63, 3.8) is 0 Å². The Labute approximate surface area is 104 Å². The van der Waals surface area contributed by atoms with Gasteiger partial charge in [-0.1, -0.05) is 6.92 Å². The zero-order chi connectivity index (χ0) is 12.0. The van der Waals surface area contributed by atoms with E-state index in [-0.39, 0.29) is 0 Å². The normalized spacial score (nSPS) is 24.9. The molecule has 4 heteroatoms. The van der Waals surface area contributed by atoms with Gasteiger partial charge in [0.1, 0.15) is 0 Å². The fourth-order valence-electron chi connectivity index (χ4n) is 1.99. The number of hydrogen-bond acceptors (Lipinski definition) is 4. The molecule has 0 bridgehead atoms. The number of ether oxygens (including phenoxy) is 1. The van der Waals surface area contributed by atoms with E-state index in [1.165, 1.54) is 18.1 Å². The lowest BCUT2D eigenvalue weighted by atomic mass is 10.1. The van der Waals surface area contributed by atoms with Crippen molar-refractivity contribution in [1.29, 1.82) is 0 Å². The third-order valence-electron chi connectivity index (χ3n) is 2.98. The van der Waals surface area contributed by atoms with Crippen LogP contribution in [0.1, 0.15) is 20.8 Å². The average molecular weight is 246 g/mol. The quantitative estimate of drug-likeness (QED) is 0.766. The van der Waals surface area contributed by atoms with E-state index in [9.17, 15) is 0 Å². The molecule has 1 N–H and O–H groups in total. The van der Waals surface area contributed by atoms with Gasteiger partial charge in [0.2, 0.25) is 0 Å². The Morgan fingerprint density at radius 1 is 1.50 bits per heavy atom. The van der Waals surface area contributed by atoms with E-state index < -0.39 is 0 Å². The highest BCUT2D eigenvalue weighted by molar-refractivity contribution is 7.99. The first-order valence-corrected chi connectivity index (χ1v) is 7.43. The van der Waals surface area contributed by atoms with E-state index >= 15 is 0 Å². The molecule has 0 spiro atoms. The van der Waals surface area contributed by atoms with Crippen molar-refractivity contribution in [3.8, 4) is 0 Å². The summed E-state index contributed by atoms with van der Waals surface area (Å²) >= 11 is 2.06. The Morgan fingerprint density at radius 2 is 2.25 bits per heavy atom. The highest BCUT2D eigenvalue weighted by Crippen LogP contribution is 2.17. The number of thioether (sulfide) groups is 1. The largest absolute Gasteiger partial charge is 0.377 e. The Hall–Kier alpha value is 0.230. The second kappa shape index (κ2) is 7.54. The molecule has 0 saturated carbocycles. The van der Waals surface area contributed by atoms with Gasteiger partial charge in [0.05, 0.1) is 12.7 Å². The average Bonchev–Trinajstić information content (AvgIpc) is 2.25. The van der Waals surface area contributed by atoms with Crippen molar-refractivity contribution in [2.75, 3.05) is 38.2 Å². The van der Waals surface area contributed by atoms with Crippen molar-refractivity contribution in [3.05, 3.63) is 0 Å². The van der Waals surface area contributed by atoms with Crippen LogP contribution in [0.4, 0.5) is 0 Å². The van der Waals surface area contributed by atoms with E-state index in [2.05, 4.69) is 49.8 Å². The molecule has 0 amide bonds. The molecule has 96 valence electrons. The van der Waals surface area contributed by atoms with E-state index in [1.807, 2.05) is 0 Å². The third kappa shape index (κ3) is 4.62. The Balaban J connectivity index is 2.46. The molecule has 0 radical (unpaired) electrons. The van der Waals surface area contributed by atoms with Crippen LogP contribution in [-0.2, 0) is 4.74 Å². The van der Waals surface area contributed by atoms with Gasteiger partial charge in [-0.05, 0) is 27.4 Å². The first-order valence-electron chi connectivity index (χ1n) is 6.28. The molecule has 0 aromatic heterocycles. The summed E-state index contributed by atoms with van der Waals surface area (Å²) in [6.07, 6.45) is 0.322. The van der Waals surface area contributed by atoms with Crippen LogP contribution < -0.4 is 5.32 Å². The molecular formula is C12H26N2OS. The van der Waals surface area contributed by atoms with Crippen LogP contribution in [0.15, 0.2) is 0 Å². The number of rotatable bonds is 6. The molecule has 1 fully saturated rings. The number of nitrogens with zero attached hydrogens (tertiary/aromatic N) is 1. The lowest BCUT2D eigenvalue weighted by Gasteiger charge is -2.38. The van der Waals surface area contributed by atoms with Gasteiger partial charge in [-0.3, -0.25) is 0 Å². The van der Waals surface area contributed by atoms with Gasteiger partial charge in [0.15, 0.2) is 0 Å². The predicted octanol–water partition coefficient (Wildman–Crippen LogP) is 1.44.